The zero-order chi connectivity index (χ0) is 24.3. The number of hydrogen-bond donors (Lipinski definition) is 2. The molecule has 0 fully saturated rings. The summed E-state index contributed by atoms with van der Waals surface area (Å²) < 4.78 is 5.73. The minimum atomic E-state index is -0.329. The Balaban J connectivity index is 1.63. The molecule has 7 heteroatoms. The standard InChI is InChI=1S/C27H26N4O3/c1-4-5-11-22(28-3)18-34-24-14-12-21(13-15-24)30-27(33)25-16-23(17-29-19(25)2)31-26(32)20-9-7-6-8-10-20/h4-17H,1,18H2,2-3H3,(H,30,33)(H,31,32)/b11-5-,28-22?. The lowest BCUT2D eigenvalue weighted by Crippen LogP contribution is -2.16. The van der Waals surface area contributed by atoms with Gasteiger partial charge in [-0.15, -0.1) is 0 Å². The molecular weight excluding hydrogens is 428 g/mol. The van der Waals surface area contributed by atoms with Crippen LogP contribution in [0.15, 0.2) is 96.7 Å². The lowest BCUT2D eigenvalue weighted by molar-refractivity contribution is 0.101. The van der Waals surface area contributed by atoms with Gasteiger partial charge >= 0.3 is 0 Å². The fourth-order valence-corrected chi connectivity index (χ4v) is 2.98. The zero-order valence-corrected chi connectivity index (χ0v) is 19.1. The van der Waals surface area contributed by atoms with Crippen molar-refractivity contribution < 1.29 is 14.3 Å². The summed E-state index contributed by atoms with van der Waals surface area (Å²) in [6.45, 7) is 5.69. The molecule has 172 valence electrons. The molecule has 0 spiro atoms. The predicted molar refractivity (Wildman–Crippen MR) is 136 cm³/mol. The van der Waals surface area contributed by atoms with Crippen molar-refractivity contribution in [3.63, 3.8) is 0 Å². The Hall–Kier alpha value is -4.52. The smallest absolute Gasteiger partial charge is 0.257 e. The van der Waals surface area contributed by atoms with E-state index in [9.17, 15) is 9.59 Å². The summed E-state index contributed by atoms with van der Waals surface area (Å²) in [7, 11) is 1.70. The SMILES string of the molecule is C=C/C=C\C(COc1ccc(NC(=O)c2cc(NC(=O)c3ccccc3)cnc2C)cc1)=NC. The number of hydrogen-bond acceptors (Lipinski definition) is 5. The van der Waals surface area contributed by atoms with Gasteiger partial charge in [0.15, 0.2) is 0 Å². The van der Waals surface area contributed by atoms with Gasteiger partial charge in [0.1, 0.15) is 12.4 Å². The first-order valence-corrected chi connectivity index (χ1v) is 10.6. The molecule has 0 aliphatic carbocycles. The summed E-state index contributed by atoms with van der Waals surface area (Å²) in [4.78, 5) is 33.7. The number of aryl methyl sites for hydroxylation is 1. The van der Waals surface area contributed by atoms with Crippen molar-refractivity contribution in [2.75, 3.05) is 24.3 Å². The third kappa shape index (κ3) is 6.74. The van der Waals surface area contributed by atoms with Crippen molar-refractivity contribution >= 4 is 28.9 Å². The Morgan fingerprint density at radius 3 is 2.41 bits per heavy atom. The topological polar surface area (TPSA) is 92.7 Å². The van der Waals surface area contributed by atoms with Gasteiger partial charge in [-0.2, -0.15) is 0 Å². The van der Waals surface area contributed by atoms with Crippen LogP contribution in [0.4, 0.5) is 11.4 Å². The summed E-state index contributed by atoms with van der Waals surface area (Å²) in [5.74, 6) is 0.0449. The van der Waals surface area contributed by atoms with Crippen molar-refractivity contribution in [1.82, 2.24) is 4.98 Å². The second-order valence-corrected chi connectivity index (χ2v) is 7.25. The summed E-state index contributed by atoms with van der Waals surface area (Å²) in [6.07, 6.45) is 6.82. The van der Waals surface area contributed by atoms with Crippen molar-refractivity contribution in [2.24, 2.45) is 4.99 Å². The fourth-order valence-electron chi connectivity index (χ4n) is 2.98. The molecule has 1 heterocycles. The van der Waals surface area contributed by atoms with Crippen LogP contribution in [0.25, 0.3) is 0 Å². The summed E-state index contributed by atoms with van der Waals surface area (Å²) >= 11 is 0. The van der Waals surface area contributed by atoms with E-state index in [1.165, 1.54) is 6.20 Å². The van der Waals surface area contributed by atoms with Crippen LogP contribution in [0.3, 0.4) is 0 Å². The van der Waals surface area contributed by atoms with E-state index < -0.39 is 0 Å². The molecule has 0 unspecified atom stereocenters. The lowest BCUT2D eigenvalue weighted by atomic mass is 10.1. The van der Waals surface area contributed by atoms with Crippen molar-refractivity contribution in [1.29, 1.82) is 0 Å². The van der Waals surface area contributed by atoms with Crippen LogP contribution >= 0.6 is 0 Å². The number of aliphatic imine (C=N–C) groups is 1. The predicted octanol–water partition coefficient (Wildman–Crippen LogP) is 5.09. The van der Waals surface area contributed by atoms with E-state index in [1.54, 1.807) is 80.7 Å². The normalized spacial score (nSPS) is 11.2. The molecule has 0 saturated carbocycles. The maximum atomic E-state index is 12.9. The van der Waals surface area contributed by atoms with Crippen molar-refractivity contribution in [2.45, 2.75) is 6.92 Å². The van der Waals surface area contributed by atoms with Gasteiger partial charge in [0.2, 0.25) is 0 Å². The average Bonchev–Trinajstić information content (AvgIpc) is 2.86. The van der Waals surface area contributed by atoms with Gasteiger partial charge in [-0.05, 0) is 55.5 Å². The number of anilines is 2. The number of carbonyl (C=O) groups is 2. The van der Waals surface area contributed by atoms with Gasteiger partial charge in [-0.3, -0.25) is 19.6 Å². The highest BCUT2D eigenvalue weighted by Crippen LogP contribution is 2.19. The van der Waals surface area contributed by atoms with Crippen molar-refractivity contribution in [3.05, 3.63) is 108 Å². The van der Waals surface area contributed by atoms with Crippen LogP contribution in [0.1, 0.15) is 26.4 Å². The van der Waals surface area contributed by atoms with E-state index in [2.05, 4.69) is 27.2 Å². The first kappa shape index (κ1) is 24.1. The molecule has 2 amide bonds. The van der Waals surface area contributed by atoms with Gasteiger partial charge in [0, 0.05) is 18.3 Å². The third-order valence-corrected chi connectivity index (χ3v) is 4.84. The zero-order valence-electron chi connectivity index (χ0n) is 19.1. The highest BCUT2D eigenvalue weighted by Gasteiger charge is 2.13. The van der Waals surface area contributed by atoms with Crippen molar-refractivity contribution in [3.8, 4) is 5.75 Å². The fraction of sp³-hybridized carbons (Fsp3) is 0.111. The number of benzene rings is 2. The number of pyridine rings is 1. The maximum Gasteiger partial charge on any atom is 0.257 e. The van der Waals surface area contributed by atoms with E-state index in [0.717, 1.165) is 5.71 Å². The van der Waals surface area contributed by atoms with Crippen LogP contribution in [-0.4, -0.2) is 36.2 Å². The van der Waals surface area contributed by atoms with Gasteiger partial charge in [0.25, 0.3) is 11.8 Å². The van der Waals surface area contributed by atoms with E-state index in [1.807, 2.05) is 12.1 Å². The second kappa shape index (κ2) is 11.9. The van der Waals surface area contributed by atoms with Gasteiger partial charge < -0.3 is 15.4 Å². The third-order valence-electron chi connectivity index (χ3n) is 4.84. The van der Waals surface area contributed by atoms with Gasteiger partial charge in [-0.1, -0.05) is 36.9 Å². The van der Waals surface area contributed by atoms with Crippen LogP contribution in [0, 0.1) is 6.92 Å². The number of ether oxygens (including phenoxy) is 1. The largest absolute Gasteiger partial charge is 0.487 e. The lowest BCUT2D eigenvalue weighted by Gasteiger charge is -2.11. The second-order valence-electron chi connectivity index (χ2n) is 7.25. The van der Waals surface area contributed by atoms with Crippen LogP contribution in [0.5, 0.6) is 5.75 Å². The molecule has 3 aromatic rings. The number of rotatable bonds is 9. The minimum Gasteiger partial charge on any atom is -0.487 e. The summed E-state index contributed by atoms with van der Waals surface area (Å²) in [5, 5.41) is 5.62. The summed E-state index contributed by atoms with van der Waals surface area (Å²) in [5.41, 5.74) is 3.25. The Kier molecular flexibility index (Phi) is 8.46. The number of nitrogens with zero attached hydrogens (tertiary/aromatic N) is 2. The molecule has 7 nitrogen and oxygen atoms in total. The Bertz CT molecular complexity index is 1220. The molecule has 0 aliphatic rings. The Morgan fingerprint density at radius 2 is 1.74 bits per heavy atom. The molecule has 0 saturated heterocycles. The number of nitrogens with one attached hydrogen (secondary N) is 2. The Morgan fingerprint density at radius 1 is 1.03 bits per heavy atom. The van der Waals surface area contributed by atoms with Crippen LogP contribution < -0.4 is 15.4 Å². The molecule has 0 aliphatic heterocycles. The molecule has 1 aromatic heterocycles. The molecule has 2 N–H and O–H groups in total. The summed E-state index contributed by atoms with van der Waals surface area (Å²) in [6, 6.07) is 17.5. The molecule has 2 aromatic carbocycles. The number of carbonyl (C=O) groups excluding carboxylic acids is 2. The molecule has 0 atom stereocenters. The van der Waals surface area contributed by atoms with Gasteiger partial charge in [0.05, 0.1) is 28.9 Å². The molecular formula is C27H26N4O3. The van der Waals surface area contributed by atoms with Crippen LogP contribution in [-0.2, 0) is 0 Å². The monoisotopic (exact) mass is 454 g/mol. The minimum absolute atomic E-state index is 0.274. The average molecular weight is 455 g/mol. The number of amides is 2. The quantitative estimate of drug-likeness (QED) is 0.348. The highest BCUT2D eigenvalue weighted by molar-refractivity contribution is 6.07. The number of allylic oxidation sites excluding steroid dienone is 2. The van der Waals surface area contributed by atoms with E-state index in [0.29, 0.717) is 40.6 Å². The Labute approximate surface area is 198 Å². The van der Waals surface area contributed by atoms with E-state index in [-0.39, 0.29) is 11.8 Å². The highest BCUT2D eigenvalue weighted by atomic mass is 16.5. The van der Waals surface area contributed by atoms with E-state index >= 15 is 0 Å². The molecule has 0 radical (unpaired) electrons. The first-order valence-electron chi connectivity index (χ1n) is 10.6. The van der Waals surface area contributed by atoms with Crippen LogP contribution in [0.2, 0.25) is 0 Å². The first-order chi connectivity index (χ1) is 16.5. The molecule has 3 rings (SSSR count). The molecule has 0 bridgehead atoms. The molecule has 34 heavy (non-hydrogen) atoms. The number of aromatic nitrogens is 1. The maximum absolute atomic E-state index is 12.9. The van der Waals surface area contributed by atoms with E-state index in [4.69, 9.17) is 4.74 Å². The van der Waals surface area contributed by atoms with Gasteiger partial charge in [-0.25, -0.2) is 0 Å².